The summed E-state index contributed by atoms with van der Waals surface area (Å²) in [6.45, 7) is 5.65. The highest BCUT2D eigenvalue weighted by atomic mass is 16.5. The molecule has 0 aromatic heterocycles. The van der Waals surface area contributed by atoms with E-state index < -0.39 is 0 Å². The van der Waals surface area contributed by atoms with E-state index >= 15 is 0 Å². The number of ether oxygens (including phenoxy) is 2. The Balaban J connectivity index is 2.75. The molecule has 1 aromatic rings. The summed E-state index contributed by atoms with van der Waals surface area (Å²) in [5, 5.41) is 0. The summed E-state index contributed by atoms with van der Waals surface area (Å²) in [5.74, 6) is 1.19. The molecule has 112 valence electrons. The van der Waals surface area contributed by atoms with Crippen LogP contribution in [0.1, 0.15) is 19.4 Å². The smallest absolute Gasteiger partial charge is 0.260 e. The Morgan fingerprint density at radius 3 is 2.60 bits per heavy atom. The minimum Gasteiger partial charge on any atom is -0.490 e. The lowest BCUT2D eigenvalue weighted by Gasteiger charge is -2.16. The Hall–Kier alpha value is -1.75. The molecule has 0 aliphatic rings. The monoisotopic (exact) mass is 280 g/mol. The lowest BCUT2D eigenvalue weighted by atomic mass is 10.1. The standard InChI is InChI=1S/C15H24N2O3/c1-4-17(3)15(18)11-20-13-7-6-12(8-9-16)10-14(13)19-5-2/h6-7,10H,4-5,8-9,11,16H2,1-3H3. The van der Waals surface area contributed by atoms with E-state index in [2.05, 4.69) is 0 Å². The third-order valence-electron chi connectivity index (χ3n) is 2.99. The van der Waals surface area contributed by atoms with Gasteiger partial charge in [-0.3, -0.25) is 4.79 Å². The van der Waals surface area contributed by atoms with Crippen LogP contribution in [0.5, 0.6) is 11.5 Å². The number of nitrogens with two attached hydrogens (primary N) is 1. The molecule has 0 aliphatic carbocycles. The van der Waals surface area contributed by atoms with Crippen molar-refractivity contribution < 1.29 is 14.3 Å². The number of benzene rings is 1. The fraction of sp³-hybridized carbons (Fsp3) is 0.533. The van der Waals surface area contributed by atoms with Crippen molar-refractivity contribution in [3.8, 4) is 11.5 Å². The number of carbonyl (C=O) groups excluding carboxylic acids is 1. The Morgan fingerprint density at radius 2 is 2.00 bits per heavy atom. The highest BCUT2D eigenvalue weighted by Crippen LogP contribution is 2.28. The first-order valence-electron chi connectivity index (χ1n) is 6.94. The van der Waals surface area contributed by atoms with Crippen LogP contribution in [0.2, 0.25) is 0 Å². The van der Waals surface area contributed by atoms with Gasteiger partial charge in [0, 0.05) is 13.6 Å². The minimum atomic E-state index is -0.0546. The average molecular weight is 280 g/mol. The van der Waals surface area contributed by atoms with Crippen molar-refractivity contribution in [3.05, 3.63) is 23.8 Å². The van der Waals surface area contributed by atoms with Crippen LogP contribution < -0.4 is 15.2 Å². The first kappa shape index (κ1) is 16.3. The lowest BCUT2D eigenvalue weighted by Crippen LogP contribution is -2.31. The van der Waals surface area contributed by atoms with E-state index in [9.17, 15) is 4.79 Å². The number of likely N-dealkylation sites (N-methyl/N-ethyl adjacent to an activating group) is 1. The molecule has 0 saturated heterocycles. The van der Waals surface area contributed by atoms with E-state index in [1.54, 1.807) is 11.9 Å². The quantitative estimate of drug-likeness (QED) is 0.782. The zero-order chi connectivity index (χ0) is 15.0. The summed E-state index contributed by atoms with van der Waals surface area (Å²) in [6, 6.07) is 5.69. The summed E-state index contributed by atoms with van der Waals surface area (Å²) in [6.07, 6.45) is 0.790. The van der Waals surface area contributed by atoms with Gasteiger partial charge in [0.05, 0.1) is 6.61 Å². The van der Waals surface area contributed by atoms with Gasteiger partial charge in [0.15, 0.2) is 18.1 Å². The molecule has 20 heavy (non-hydrogen) atoms. The second-order valence-corrected chi connectivity index (χ2v) is 4.45. The summed E-state index contributed by atoms with van der Waals surface area (Å²) < 4.78 is 11.1. The summed E-state index contributed by atoms with van der Waals surface area (Å²) in [4.78, 5) is 13.3. The van der Waals surface area contributed by atoms with Gasteiger partial charge in [0.1, 0.15) is 0 Å². The van der Waals surface area contributed by atoms with Gasteiger partial charge in [-0.25, -0.2) is 0 Å². The first-order valence-corrected chi connectivity index (χ1v) is 6.94. The molecule has 5 heteroatoms. The number of carbonyl (C=O) groups is 1. The predicted octanol–water partition coefficient (Wildman–Crippen LogP) is 1.44. The molecule has 0 radical (unpaired) electrons. The maximum atomic E-state index is 11.7. The zero-order valence-electron chi connectivity index (χ0n) is 12.5. The average Bonchev–Trinajstić information content (AvgIpc) is 2.46. The van der Waals surface area contributed by atoms with Gasteiger partial charge in [-0.05, 0) is 44.5 Å². The van der Waals surface area contributed by atoms with E-state index in [1.807, 2.05) is 32.0 Å². The molecule has 1 rings (SSSR count). The van der Waals surface area contributed by atoms with E-state index in [4.69, 9.17) is 15.2 Å². The summed E-state index contributed by atoms with van der Waals surface area (Å²) in [5.41, 5.74) is 6.64. The molecule has 0 atom stereocenters. The van der Waals surface area contributed by atoms with Crippen LogP contribution >= 0.6 is 0 Å². The maximum Gasteiger partial charge on any atom is 0.260 e. The van der Waals surface area contributed by atoms with Crippen molar-refractivity contribution in [2.45, 2.75) is 20.3 Å². The molecule has 0 saturated carbocycles. The van der Waals surface area contributed by atoms with Crippen LogP contribution in [0.15, 0.2) is 18.2 Å². The van der Waals surface area contributed by atoms with Crippen LogP contribution in [0.4, 0.5) is 0 Å². The minimum absolute atomic E-state index is 0.0145. The van der Waals surface area contributed by atoms with Gasteiger partial charge in [-0.15, -0.1) is 0 Å². The molecule has 0 heterocycles. The third kappa shape index (κ3) is 4.74. The van der Waals surface area contributed by atoms with E-state index in [-0.39, 0.29) is 12.5 Å². The lowest BCUT2D eigenvalue weighted by molar-refractivity contribution is -0.131. The molecule has 0 spiro atoms. The van der Waals surface area contributed by atoms with Crippen molar-refractivity contribution in [1.29, 1.82) is 0 Å². The molecular weight excluding hydrogens is 256 g/mol. The molecule has 5 nitrogen and oxygen atoms in total. The molecule has 2 N–H and O–H groups in total. The Kier molecular flexibility index (Phi) is 6.87. The molecule has 0 aliphatic heterocycles. The van der Waals surface area contributed by atoms with Gasteiger partial charge >= 0.3 is 0 Å². The topological polar surface area (TPSA) is 64.8 Å². The van der Waals surface area contributed by atoms with Gasteiger partial charge in [-0.2, -0.15) is 0 Å². The fourth-order valence-electron chi connectivity index (χ4n) is 1.69. The van der Waals surface area contributed by atoms with E-state index in [0.29, 0.717) is 31.2 Å². The van der Waals surface area contributed by atoms with Crippen molar-refractivity contribution in [1.82, 2.24) is 4.90 Å². The van der Waals surface area contributed by atoms with Gasteiger partial charge in [-0.1, -0.05) is 6.07 Å². The highest BCUT2D eigenvalue weighted by molar-refractivity contribution is 5.77. The normalized spacial score (nSPS) is 10.2. The second-order valence-electron chi connectivity index (χ2n) is 4.45. The molecule has 0 bridgehead atoms. The van der Waals surface area contributed by atoms with Crippen LogP contribution in [-0.2, 0) is 11.2 Å². The fourth-order valence-corrected chi connectivity index (χ4v) is 1.69. The number of amides is 1. The predicted molar refractivity (Wildman–Crippen MR) is 79.2 cm³/mol. The third-order valence-corrected chi connectivity index (χ3v) is 2.99. The number of hydrogen-bond acceptors (Lipinski definition) is 4. The van der Waals surface area contributed by atoms with Crippen LogP contribution in [0.25, 0.3) is 0 Å². The Labute approximate surface area is 120 Å². The molecule has 1 amide bonds. The van der Waals surface area contributed by atoms with E-state index in [1.165, 1.54) is 0 Å². The SMILES string of the molecule is CCOc1cc(CCN)ccc1OCC(=O)N(C)CC. The van der Waals surface area contributed by atoms with Crippen LogP contribution in [-0.4, -0.2) is 44.2 Å². The molecular formula is C15H24N2O3. The van der Waals surface area contributed by atoms with Gasteiger partial charge in [0.2, 0.25) is 0 Å². The molecule has 0 fully saturated rings. The van der Waals surface area contributed by atoms with Crippen LogP contribution in [0.3, 0.4) is 0 Å². The van der Waals surface area contributed by atoms with E-state index in [0.717, 1.165) is 12.0 Å². The van der Waals surface area contributed by atoms with Gasteiger partial charge < -0.3 is 20.1 Å². The maximum absolute atomic E-state index is 11.7. The van der Waals surface area contributed by atoms with Gasteiger partial charge in [0.25, 0.3) is 5.91 Å². The summed E-state index contributed by atoms with van der Waals surface area (Å²) in [7, 11) is 1.75. The second kappa shape index (κ2) is 8.43. The number of nitrogens with zero attached hydrogens (tertiary/aromatic N) is 1. The van der Waals surface area contributed by atoms with Crippen molar-refractivity contribution >= 4 is 5.91 Å². The van der Waals surface area contributed by atoms with Crippen molar-refractivity contribution in [2.75, 3.05) is 33.4 Å². The highest BCUT2D eigenvalue weighted by Gasteiger charge is 2.11. The first-order chi connectivity index (χ1) is 9.62. The number of hydrogen-bond donors (Lipinski definition) is 1. The van der Waals surface area contributed by atoms with Crippen molar-refractivity contribution in [2.24, 2.45) is 5.73 Å². The summed E-state index contributed by atoms with van der Waals surface area (Å²) >= 11 is 0. The van der Waals surface area contributed by atoms with Crippen LogP contribution in [0, 0.1) is 0 Å². The zero-order valence-corrected chi connectivity index (χ0v) is 12.5. The Bertz CT molecular complexity index is 435. The molecule has 1 aromatic carbocycles. The largest absolute Gasteiger partial charge is 0.490 e. The Morgan fingerprint density at radius 1 is 1.25 bits per heavy atom. The van der Waals surface area contributed by atoms with Crippen molar-refractivity contribution in [3.63, 3.8) is 0 Å². The molecule has 0 unspecified atom stereocenters. The number of rotatable bonds is 8.